The lowest BCUT2D eigenvalue weighted by atomic mass is 10.0. The summed E-state index contributed by atoms with van der Waals surface area (Å²) in [4.78, 5) is 0. The van der Waals surface area contributed by atoms with Crippen molar-refractivity contribution >= 4 is 0 Å². The molecule has 0 aromatic heterocycles. The highest BCUT2D eigenvalue weighted by atomic mass is 16.5. The van der Waals surface area contributed by atoms with Gasteiger partial charge in [-0.3, -0.25) is 0 Å². The van der Waals surface area contributed by atoms with Crippen LogP contribution in [0, 0.1) is 0 Å². The van der Waals surface area contributed by atoms with Crippen molar-refractivity contribution in [3.05, 3.63) is 23.8 Å². The van der Waals surface area contributed by atoms with Crippen LogP contribution in [0.15, 0.2) is 18.2 Å². The average Bonchev–Trinajstić information content (AvgIpc) is 2.51. The van der Waals surface area contributed by atoms with Crippen molar-refractivity contribution in [3.8, 4) is 11.5 Å². The number of aliphatic hydroxyl groups excluding tert-OH is 1. The van der Waals surface area contributed by atoms with Gasteiger partial charge in [-0.1, -0.05) is 13.0 Å². The van der Waals surface area contributed by atoms with Crippen LogP contribution in [0.25, 0.3) is 0 Å². The maximum absolute atomic E-state index is 9.08. The van der Waals surface area contributed by atoms with Gasteiger partial charge in [-0.2, -0.15) is 0 Å². The first kappa shape index (κ1) is 10.3. The Morgan fingerprint density at radius 1 is 1.27 bits per heavy atom. The molecule has 0 radical (unpaired) electrons. The van der Waals surface area contributed by atoms with Gasteiger partial charge in [-0.15, -0.1) is 0 Å². The number of rotatable bonds is 2. The fraction of sp³-hybridized carbons (Fsp3) is 0.500. The zero-order valence-corrected chi connectivity index (χ0v) is 8.90. The van der Waals surface area contributed by atoms with Crippen LogP contribution < -0.4 is 9.47 Å². The maximum atomic E-state index is 9.08. The molecule has 0 fully saturated rings. The van der Waals surface area contributed by atoms with E-state index in [1.807, 2.05) is 25.1 Å². The van der Waals surface area contributed by atoms with Crippen LogP contribution in [0.1, 0.15) is 24.8 Å². The molecule has 1 aromatic carbocycles. The first-order valence-electron chi connectivity index (χ1n) is 5.31. The number of ether oxygens (including phenoxy) is 2. The average molecular weight is 208 g/mol. The number of hydrogen-bond acceptors (Lipinski definition) is 3. The summed E-state index contributed by atoms with van der Waals surface area (Å²) in [5.74, 6) is 1.74. The highest BCUT2D eigenvalue weighted by Crippen LogP contribution is 2.32. The second-order valence-corrected chi connectivity index (χ2v) is 3.84. The van der Waals surface area contributed by atoms with Crippen molar-refractivity contribution in [2.75, 3.05) is 19.8 Å². The Balaban J connectivity index is 2.27. The minimum Gasteiger partial charge on any atom is -0.490 e. The molecule has 0 saturated carbocycles. The van der Waals surface area contributed by atoms with E-state index in [4.69, 9.17) is 14.6 Å². The second-order valence-electron chi connectivity index (χ2n) is 3.84. The Labute approximate surface area is 89.6 Å². The summed E-state index contributed by atoms with van der Waals surface area (Å²) in [5.41, 5.74) is 1.08. The number of fused-ring (bicyclic) bond motifs is 1. The molecule has 1 heterocycles. The zero-order chi connectivity index (χ0) is 10.7. The maximum Gasteiger partial charge on any atom is 0.161 e. The fourth-order valence-electron chi connectivity index (χ4n) is 1.59. The molecule has 0 aliphatic carbocycles. The summed E-state index contributed by atoms with van der Waals surface area (Å²) < 4.78 is 11.1. The van der Waals surface area contributed by atoms with E-state index in [1.54, 1.807) is 0 Å². The Kier molecular flexibility index (Phi) is 3.11. The lowest BCUT2D eigenvalue weighted by Crippen LogP contribution is -2.00. The van der Waals surface area contributed by atoms with Gasteiger partial charge in [0.15, 0.2) is 11.5 Å². The standard InChI is InChI=1S/C12H16O3/c1-9(8-13)10-3-4-11-12(7-10)15-6-2-5-14-11/h3-4,7,9,13H,2,5-6,8H2,1H3/t9-/m0/s1. The van der Waals surface area contributed by atoms with Gasteiger partial charge in [0.25, 0.3) is 0 Å². The van der Waals surface area contributed by atoms with E-state index in [1.165, 1.54) is 0 Å². The van der Waals surface area contributed by atoms with E-state index in [2.05, 4.69) is 0 Å². The van der Waals surface area contributed by atoms with E-state index in [9.17, 15) is 0 Å². The van der Waals surface area contributed by atoms with E-state index in [0.29, 0.717) is 13.2 Å². The monoisotopic (exact) mass is 208 g/mol. The molecular formula is C12H16O3. The van der Waals surface area contributed by atoms with Crippen molar-refractivity contribution in [1.29, 1.82) is 0 Å². The molecule has 0 spiro atoms. The number of hydrogen-bond donors (Lipinski definition) is 1. The number of aliphatic hydroxyl groups is 1. The van der Waals surface area contributed by atoms with Crippen molar-refractivity contribution in [3.63, 3.8) is 0 Å². The summed E-state index contributed by atoms with van der Waals surface area (Å²) in [6.45, 7) is 3.55. The van der Waals surface area contributed by atoms with Crippen molar-refractivity contribution in [2.45, 2.75) is 19.3 Å². The Hall–Kier alpha value is -1.22. The lowest BCUT2D eigenvalue weighted by Gasteiger charge is -2.12. The van der Waals surface area contributed by atoms with Crippen LogP contribution in [-0.2, 0) is 0 Å². The molecule has 0 unspecified atom stereocenters. The highest BCUT2D eigenvalue weighted by Gasteiger charge is 2.12. The lowest BCUT2D eigenvalue weighted by molar-refractivity contribution is 0.272. The van der Waals surface area contributed by atoms with Crippen LogP contribution in [0.5, 0.6) is 11.5 Å². The van der Waals surface area contributed by atoms with E-state index >= 15 is 0 Å². The third-order valence-electron chi connectivity index (χ3n) is 2.61. The minimum atomic E-state index is 0.141. The largest absolute Gasteiger partial charge is 0.490 e. The van der Waals surface area contributed by atoms with Gasteiger partial charge in [0.1, 0.15) is 0 Å². The molecule has 1 N–H and O–H groups in total. The van der Waals surface area contributed by atoms with Gasteiger partial charge in [-0.25, -0.2) is 0 Å². The normalized spacial score (nSPS) is 16.9. The summed E-state index contributed by atoms with van der Waals surface area (Å²) in [5, 5.41) is 9.08. The topological polar surface area (TPSA) is 38.7 Å². The molecular weight excluding hydrogens is 192 g/mol. The van der Waals surface area contributed by atoms with Crippen molar-refractivity contribution in [1.82, 2.24) is 0 Å². The van der Waals surface area contributed by atoms with Crippen LogP contribution in [-0.4, -0.2) is 24.9 Å². The summed E-state index contributed by atoms with van der Waals surface area (Å²) in [6.07, 6.45) is 0.916. The van der Waals surface area contributed by atoms with Gasteiger partial charge in [0.2, 0.25) is 0 Å². The molecule has 1 aromatic rings. The van der Waals surface area contributed by atoms with Gasteiger partial charge in [0.05, 0.1) is 13.2 Å². The first-order valence-corrected chi connectivity index (χ1v) is 5.31. The number of benzene rings is 1. The molecule has 3 heteroatoms. The van der Waals surface area contributed by atoms with Crippen LogP contribution >= 0.6 is 0 Å². The third kappa shape index (κ3) is 2.23. The predicted molar refractivity (Wildman–Crippen MR) is 57.5 cm³/mol. The summed E-state index contributed by atoms with van der Waals surface area (Å²) in [7, 11) is 0. The molecule has 0 saturated heterocycles. The van der Waals surface area contributed by atoms with Gasteiger partial charge < -0.3 is 14.6 Å². The highest BCUT2D eigenvalue weighted by molar-refractivity contribution is 5.44. The quantitative estimate of drug-likeness (QED) is 0.807. The van der Waals surface area contributed by atoms with E-state index in [-0.39, 0.29) is 12.5 Å². The molecule has 15 heavy (non-hydrogen) atoms. The van der Waals surface area contributed by atoms with Gasteiger partial charge in [-0.05, 0) is 17.7 Å². The van der Waals surface area contributed by atoms with Crippen molar-refractivity contribution in [2.24, 2.45) is 0 Å². The molecule has 3 nitrogen and oxygen atoms in total. The van der Waals surface area contributed by atoms with Crippen molar-refractivity contribution < 1.29 is 14.6 Å². The molecule has 0 bridgehead atoms. The minimum absolute atomic E-state index is 0.141. The van der Waals surface area contributed by atoms with E-state index in [0.717, 1.165) is 23.5 Å². The molecule has 1 aliphatic heterocycles. The van der Waals surface area contributed by atoms with Gasteiger partial charge >= 0.3 is 0 Å². The van der Waals surface area contributed by atoms with Gasteiger partial charge in [0, 0.05) is 18.9 Å². The third-order valence-corrected chi connectivity index (χ3v) is 2.61. The fourth-order valence-corrected chi connectivity index (χ4v) is 1.59. The predicted octanol–water partition coefficient (Wildman–Crippen LogP) is 1.94. The Morgan fingerprint density at radius 3 is 2.73 bits per heavy atom. The van der Waals surface area contributed by atoms with Crippen LogP contribution in [0.2, 0.25) is 0 Å². The molecule has 0 amide bonds. The van der Waals surface area contributed by atoms with Crippen LogP contribution in [0.4, 0.5) is 0 Å². The first-order chi connectivity index (χ1) is 7.31. The molecule has 2 rings (SSSR count). The summed E-state index contributed by atoms with van der Waals surface area (Å²) >= 11 is 0. The van der Waals surface area contributed by atoms with Crippen LogP contribution in [0.3, 0.4) is 0 Å². The SMILES string of the molecule is C[C@@H](CO)c1ccc2c(c1)OCCCO2. The molecule has 1 atom stereocenters. The molecule has 82 valence electrons. The second kappa shape index (κ2) is 4.53. The van der Waals surface area contributed by atoms with E-state index < -0.39 is 0 Å². The Bertz CT molecular complexity index is 336. The smallest absolute Gasteiger partial charge is 0.161 e. The molecule has 1 aliphatic rings. The Morgan fingerprint density at radius 2 is 2.00 bits per heavy atom. The zero-order valence-electron chi connectivity index (χ0n) is 8.90. The summed E-state index contributed by atoms with van der Waals surface area (Å²) in [6, 6.07) is 5.86.